The van der Waals surface area contributed by atoms with E-state index < -0.39 is 0 Å². The van der Waals surface area contributed by atoms with Crippen molar-refractivity contribution in [3.8, 4) is 28.5 Å². The van der Waals surface area contributed by atoms with E-state index in [0.717, 1.165) is 61.7 Å². The van der Waals surface area contributed by atoms with Crippen molar-refractivity contribution in [2.45, 2.75) is 6.54 Å². The van der Waals surface area contributed by atoms with Crippen LogP contribution in [0.25, 0.3) is 39.5 Å². The first kappa shape index (κ1) is 25.4. The third-order valence-corrected chi connectivity index (χ3v) is 6.81. The van der Waals surface area contributed by atoms with Gasteiger partial charge in [-0.2, -0.15) is 5.10 Å². The first-order valence-corrected chi connectivity index (χ1v) is 13.1. The average Bonchev–Trinajstić information content (AvgIpc) is 3.62. The monoisotopic (exact) mass is 535 g/mol. The molecule has 3 aromatic heterocycles. The van der Waals surface area contributed by atoms with Gasteiger partial charge >= 0.3 is 0 Å². The first-order chi connectivity index (χ1) is 19.6. The molecule has 0 bridgehead atoms. The number of carbonyl (C=O) groups is 1. The molecule has 0 radical (unpaired) electrons. The van der Waals surface area contributed by atoms with E-state index in [0.29, 0.717) is 22.9 Å². The predicted molar refractivity (Wildman–Crippen MR) is 154 cm³/mol. The topological polar surface area (TPSA) is 129 Å². The highest BCUT2D eigenvalue weighted by molar-refractivity contribution is 5.99. The molecule has 202 valence electrons. The Morgan fingerprint density at radius 1 is 1.07 bits per heavy atom. The molecule has 6 rings (SSSR count). The molecule has 4 heterocycles. The second-order valence-electron chi connectivity index (χ2n) is 9.44. The smallest absolute Gasteiger partial charge is 0.247 e. The molecule has 0 saturated carbocycles. The third-order valence-electron chi connectivity index (χ3n) is 6.81. The highest BCUT2D eigenvalue weighted by Crippen LogP contribution is 2.32. The number of imidazole rings is 1. The largest absolute Gasteiger partial charge is 0.382 e. The van der Waals surface area contributed by atoms with Gasteiger partial charge in [0.2, 0.25) is 5.91 Å². The Morgan fingerprint density at radius 3 is 2.77 bits per heavy atom. The fourth-order valence-corrected chi connectivity index (χ4v) is 4.75. The van der Waals surface area contributed by atoms with E-state index in [-0.39, 0.29) is 11.7 Å². The average molecular weight is 536 g/mol. The summed E-state index contributed by atoms with van der Waals surface area (Å²) in [6, 6.07) is 15.3. The van der Waals surface area contributed by atoms with Crippen molar-refractivity contribution in [2.75, 3.05) is 43.9 Å². The van der Waals surface area contributed by atoms with Gasteiger partial charge in [-0.15, -0.1) is 0 Å². The molecule has 11 heteroatoms. The van der Waals surface area contributed by atoms with Crippen molar-refractivity contribution < 1.29 is 9.53 Å². The lowest BCUT2D eigenvalue weighted by molar-refractivity contribution is -0.111. The highest BCUT2D eigenvalue weighted by Gasteiger charge is 2.20. The molecule has 1 amide bonds. The van der Waals surface area contributed by atoms with Crippen molar-refractivity contribution in [3.05, 3.63) is 79.8 Å². The maximum Gasteiger partial charge on any atom is 0.247 e. The van der Waals surface area contributed by atoms with Crippen LogP contribution in [0.2, 0.25) is 0 Å². The van der Waals surface area contributed by atoms with Gasteiger partial charge in [0, 0.05) is 42.8 Å². The molecule has 2 aromatic carbocycles. The van der Waals surface area contributed by atoms with Gasteiger partial charge in [-0.25, -0.2) is 15.0 Å². The zero-order chi connectivity index (χ0) is 27.5. The number of para-hydroxylation sites is 2. The molecule has 0 spiro atoms. The van der Waals surface area contributed by atoms with E-state index in [4.69, 9.17) is 20.4 Å². The molecule has 0 unspecified atom stereocenters. The van der Waals surface area contributed by atoms with Crippen molar-refractivity contribution >= 4 is 28.4 Å². The lowest BCUT2D eigenvalue weighted by Gasteiger charge is -2.26. The maximum absolute atomic E-state index is 11.9. The van der Waals surface area contributed by atoms with E-state index in [1.807, 2.05) is 64.0 Å². The number of rotatable bonds is 8. The minimum atomic E-state index is -0.291. The molecule has 0 aliphatic carbocycles. The summed E-state index contributed by atoms with van der Waals surface area (Å²) in [6.45, 7) is 8.61. The molecule has 1 aliphatic rings. The van der Waals surface area contributed by atoms with Crippen LogP contribution in [0.4, 0.5) is 11.5 Å². The second-order valence-corrected chi connectivity index (χ2v) is 9.44. The molecule has 0 atom stereocenters. The number of anilines is 2. The quantitative estimate of drug-likeness (QED) is 0.289. The SMILES string of the molecule is C=CC(=O)Nc1cccc(-n2c(-c3nc(-c4cnn(CCN5CCOCC5)c4)cnc3N)nc3ccccc32)c1. The Bertz CT molecular complexity index is 1680. The molecule has 1 aliphatic heterocycles. The Balaban J connectivity index is 1.36. The summed E-state index contributed by atoms with van der Waals surface area (Å²) < 4.78 is 9.32. The first-order valence-electron chi connectivity index (χ1n) is 13.1. The van der Waals surface area contributed by atoms with Gasteiger partial charge in [-0.05, 0) is 36.4 Å². The number of benzene rings is 2. The highest BCUT2D eigenvalue weighted by atomic mass is 16.5. The lowest BCUT2D eigenvalue weighted by Crippen LogP contribution is -2.38. The number of aromatic nitrogens is 6. The fraction of sp³-hybridized carbons (Fsp3) is 0.207. The van der Waals surface area contributed by atoms with Crippen LogP contribution in [-0.4, -0.2) is 73.0 Å². The Morgan fingerprint density at radius 2 is 1.93 bits per heavy atom. The van der Waals surface area contributed by atoms with E-state index in [1.54, 1.807) is 12.4 Å². The van der Waals surface area contributed by atoms with Gasteiger partial charge in [0.15, 0.2) is 11.6 Å². The van der Waals surface area contributed by atoms with Crippen LogP contribution in [0.3, 0.4) is 0 Å². The van der Waals surface area contributed by atoms with E-state index in [2.05, 4.69) is 26.9 Å². The standard InChI is InChI=1S/C29H29N9O2/c1-2-26(39)33-21-6-5-7-22(16-21)38-25-9-4-3-8-23(25)35-29(38)27-28(30)31-18-24(34-27)20-17-32-37(19-20)11-10-36-12-14-40-15-13-36/h2-9,16-19H,1,10-15H2,(H2,30,31)(H,33,39). The predicted octanol–water partition coefficient (Wildman–Crippen LogP) is 3.38. The van der Waals surface area contributed by atoms with Gasteiger partial charge in [0.1, 0.15) is 5.69 Å². The number of morpholine rings is 1. The Hall–Kier alpha value is -4.87. The van der Waals surface area contributed by atoms with Crippen LogP contribution in [0, 0.1) is 0 Å². The number of hydrogen-bond donors (Lipinski definition) is 2. The zero-order valence-corrected chi connectivity index (χ0v) is 21.9. The third kappa shape index (κ3) is 5.20. The normalized spacial score (nSPS) is 13.9. The number of amides is 1. The molecule has 1 saturated heterocycles. The maximum atomic E-state index is 11.9. The van der Waals surface area contributed by atoms with Crippen LogP contribution >= 0.6 is 0 Å². The van der Waals surface area contributed by atoms with Crippen LogP contribution < -0.4 is 11.1 Å². The molecule has 11 nitrogen and oxygen atoms in total. The summed E-state index contributed by atoms with van der Waals surface area (Å²) in [5.41, 5.74) is 11.4. The molecule has 5 aromatic rings. The number of ether oxygens (including phenoxy) is 1. The van der Waals surface area contributed by atoms with Gasteiger partial charge in [-0.3, -0.25) is 18.9 Å². The summed E-state index contributed by atoms with van der Waals surface area (Å²) in [4.78, 5) is 28.6. The fourth-order valence-electron chi connectivity index (χ4n) is 4.75. The Kier molecular flexibility index (Phi) is 7.04. The summed E-state index contributed by atoms with van der Waals surface area (Å²) in [7, 11) is 0. The Labute approximate surface area is 230 Å². The van der Waals surface area contributed by atoms with Gasteiger partial charge in [-0.1, -0.05) is 24.8 Å². The number of nitrogens with two attached hydrogens (primary N) is 1. The minimum absolute atomic E-state index is 0.260. The van der Waals surface area contributed by atoms with Crippen molar-refractivity contribution in [2.24, 2.45) is 0 Å². The van der Waals surface area contributed by atoms with E-state index >= 15 is 0 Å². The molecular weight excluding hydrogens is 506 g/mol. The van der Waals surface area contributed by atoms with Gasteiger partial charge in [0.05, 0.1) is 48.9 Å². The van der Waals surface area contributed by atoms with Crippen molar-refractivity contribution in [1.82, 2.24) is 34.2 Å². The molecule has 1 fully saturated rings. The summed E-state index contributed by atoms with van der Waals surface area (Å²) >= 11 is 0. The summed E-state index contributed by atoms with van der Waals surface area (Å²) in [6.07, 6.45) is 6.65. The minimum Gasteiger partial charge on any atom is -0.382 e. The number of hydrogen-bond acceptors (Lipinski definition) is 8. The number of nitrogen functional groups attached to an aromatic ring is 1. The molecular formula is C29H29N9O2. The van der Waals surface area contributed by atoms with Gasteiger partial charge in [0.25, 0.3) is 0 Å². The number of fused-ring (bicyclic) bond motifs is 1. The lowest BCUT2D eigenvalue weighted by atomic mass is 10.2. The number of carbonyl (C=O) groups excluding carboxylic acids is 1. The summed E-state index contributed by atoms with van der Waals surface area (Å²) in [5, 5.41) is 7.35. The molecule has 40 heavy (non-hydrogen) atoms. The van der Waals surface area contributed by atoms with Crippen LogP contribution in [-0.2, 0) is 16.1 Å². The number of nitrogens with one attached hydrogen (secondary N) is 1. The second kappa shape index (κ2) is 11.1. The number of nitrogens with zero attached hydrogens (tertiary/aromatic N) is 7. The van der Waals surface area contributed by atoms with Gasteiger partial charge < -0.3 is 15.8 Å². The van der Waals surface area contributed by atoms with Crippen molar-refractivity contribution in [3.63, 3.8) is 0 Å². The van der Waals surface area contributed by atoms with Crippen LogP contribution in [0.5, 0.6) is 0 Å². The van der Waals surface area contributed by atoms with Crippen LogP contribution in [0.15, 0.2) is 79.8 Å². The van der Waals surface area contributed by atoms with E-state index in [1.165, 1.54) is 6.08 Å². The summed E-state index contributed by atoms with van der Waals surface area (Å²) in [5.74, 6) is 0.511. The zero-order valence-electron chi connectivity index (χ0n) is 21.9. The molecule has 3 N–H and O–H groups in total. The van der Waals surface area contributed by atoms with Crippen LogP contribution in [0.1, 0.15) is 0 Å². The van der Waals surface area contributed by atoms with E-state index in [9.17, 15) is 4.79 Å². The van der Waals surface area contributed by atoms with Crippen molar-refractivity contribution in [1.29, 1.82) is 0 Å².